The largest absolute Gasteiger partial charge is 0.330 e. The Kier molecular flexibility index (Phi) is 7.19. The fourth-order valence-corrected chi connectivity index (χ4v) is 3.28. The Morgan fingerprint density at radius 2 is 1.75 bits per heavy atom. The van der Waals surface area contributed by atoms with Gasteiger partial charge >= 0.3 is 0 Å². The van der Waals surface area contributed by atoms with Gasteiger partial charge < -0.3 is 5.73 Å². The highest BCUT2D eigenvalue weighted by Crippen LogP contribution is 2.16. The molecule has 20 heavy (non-hydrogen) atoms. The molecule has 0 bridgehead atoms. The molecule has 0 aromatic heterocycles. The molecule has 0 saturated carbocycles. The van der Waals surface area contributed by atoms with Crippen LogP contribution in [-0.4, -0.2) is 32.9 Å². The molecular weight excluding hydrogens is 272 g/mol. The van der Waals surface area contributed by atoms with E-state index in [1.807, 2.05) is 12.1 Å². The lowest BCUT2D eigenvalue weighted by molar-refractivity contribution is 0.453. The van der Waals surface area contributed by atoms with Gasteiger partial charge in [0, 0.05) is 13.6 Å². The number of unbranched alkanes of at least 4 members (excludes halogenated alkanes) is 2. The Hall–Kier alpha value is -0.910. The average molecular weight is 298 g/mol. The molecule has 0 aliphatic rings. The van der Waals surface area contributed by atoms with Crippen LogP contribution >= 0.6 is 0 Å². The van der Waals surface area contributed by atoms with E-state index in [-0.39, 0.29) is 0 Å². The van der Waals surface area contributed by atoms with Gasteiger partial charge in [0.05, 0.1) is 4.90 Å². The van der Waals surface area contributed by atoms with Gasteiger partial charge in [0.1, 0.15) is 0 Å². The van der Waals surface area contributed by atoms with Crippen LogP contribution in [0.1, 0.15) is 38.2 Å². The Bertz CT molecular complexity index is 483. The van der Waals surface area contributed by atoms with Crippen LogP contribution in [-0.2, 0) is 16.4 Å². The quantitative estimate of drug-likeness (QED) is 0.712. The van der Waals surface area contributed by atoms with Crippen molar-refractivity contribution in [1.29, 1.82) is 0 Å². The summed E-state index contributed by atoms with van der Waals surface area (Å²) in [6, 6.07) is 7.21. The summed E-state index contributed by atoms with van der Waals surface area (Å²) in [5, 5.41) is 0. The molecular formula is C15H26N2O2S. The first kappa shape index (κ1) is 17.1. The Morgan fingerprint density at radius 3 is 2.30 bits per heavy atom. The topological polar surface area (TPSA) is 63.4 Å². The van der Waals surface area contributed by atoms with Crippen LogP contribution in [0, 0.1) is 0 Å². The maximum Gasteiger partial charge on any atom is 0.242 e. The number of nitrogens with two attached hydrogens (primary N) is 1. The molecule has 0 fully saturated rings. The molecule has 0 saturated heterocycles. The molecule has 0 spiro atoms. The zero-order valence-corrected chi connectivity index (χ0v) is 13.3. The number of nitrogens with zero attached hydrogens (tertiary/aromatic N) is 1. The van der Waals surface area contributed by atoms with Gasteiger partial charge in [-0.05, 0) is 43.5 Å². The third-order valence-corrected chi connectivity index (χ3v) is 5.22. The van der Waals surface area contributed by atoms with E-state index in [0.717, 1.165) is 32.1 Å². The van der Waals surface area contributed by atoms with Crippen molar-refractivity contribution in [2.75, 3.05) is 20.1 Å². The van der Waals surface area contributed by atoms with E-state index in [1.54, 1.807) is 19.2 Å². The molecule has 0 aliphatic carbocycles. The lowest BCUT2D eigenvalue weighted by Crippen LogP contribution is -2.28. The second-order valence-corrected chi connectivity index (χ2v) is 7.11. The second-order valence-electron chi connectivity index (χ2n) is 5.07. The van der Waals surface area contributed by atoms with Gasteiger partial charge in [-0.3, -0.25) is 0 Å². The third-order valence-electron chi connectivity index (χ3n) is 3.35. The maximum absolute atomic E-state index is 12.4. The van der Waals surface area contributed by atoms with Crippen LogP contribution in [0.4, 0.5) is 0 Å². The van der Waals surface area contributed by atoms with Crippen LogP contribution in [0.25, 0.3) is 0 Å². The predicted molar refractivity (Wildman–Crippen MR) is 83.2 cm³/mol. The number of rotatable bonds is 9. The zero-order valence-electron chi connectivity index (χ0n) is 12.5. The first-order valence-electron chi connectivity index (χ1n) is 7.27. The van der Waals surface area contributed by atoms with Gasteiger partial charge in [0.2, 0.25) is 10.0 Å². The monoisotopic (exact) mass is 298 g/mol. The number of sulfonamides is 1. The molecule has 0 atom stereocenters. The van der Waals surface area contributed by atoms with Crippen LogP contribution in [0.5, 0.6) is 0 Å². The third kappa shape index (κ3) is 4.89. The molecule has 0 heterocycles. The molecule has 0 unspecified atom stereocenters. The van der Waals surface area contributed by atoms with Gasteiger partial charge in [-0.1, -0.05) is 31.9 Å². The zero-order chi connectivity index (χ0) is 15.0. The summed E-state index contributed by atoms with van der Waals surface area (Å²) < 4.78 is 26.2. The van der Waals surface area contributed by atoms with Crippen LogP contribution < -0.4 is 5.73 Å². The smallest absolute Gasteiger partial charge is 0.242 e. The van der Waals surface area contributed by atoms with Crippen LogP contribution in [0.2, 0.25) is 0 Å². The fourth-order valence-electron chi connectivity index (χ4n) is 2.07. The molecule has 4 nitrogen and oxygen atoms in total. The first-order valence-corrected chi connectivity index (χ1v) is 8.71. The van der Waals surface area contributed by atoms with E-state index < -0.39 is 10.0 Å². The van der Waals surface area contributed by atoms with E-state index in [0.29, 0.717) is 18.0 Å². The van der Waals surface area contributed by atoms with Crippen molar-refractivity contribution in [2.24, 2.45) is 5.73 Å². The predicted octanol–water partition coefficient (Wildman–Crippen LogP) is 2.39. The van der Waals surface area contributed by atoms with Gasteiger partial charge in [-0.25, -0.2) is 12.7 Å². The fraction of sp³-hybridized carbons (Fsp3) is 0.600. The van der Waals surface area contributed by atoms with Crippen molar-refractivity contribution in [1.82, 2.24) is 4.31 Å². The molecule has 1 rings (SSSR count). The van der Waals surface area contributed by atoms with E-state index in [9.17, 15) is 8.42 Å². The Morgan fingerprint density at radius 1 is 1.10 bits per heavy atom. The molecule has 114 valence electrons. The van der Waals surface area contributed by atoms with E-state index in [4.69, 9.17) is 5.73 Å². The van der Waals surface area contributed by atoms with E-state index >= 15 is 0 Å². The van der Waals surface area contributed by atoms with Crippen molar-refractivity contribution >= 4 is 10.0 Å². The molecule has 0 amide bonds. The SMILES string of the molecule is CCCc1ccc(S(=O)(=O)N(C)CCCCCN)cc1. The molecule has 1 aromatic carbocycles. The van der Waals surface area contributed by atoms with E-state index in [1.165, 1.54) is 9.87 Å². The van der Waals surface area contributed by atoms with Gasteiger partial charge in [0.25, 0.3) is 0 Å². The van der Waals surface area contributed by atoms with Crippen molar-refractivity contribution in [3.05, 3.63) is 29.8 Å². The highest BCUT2D eigenvalue weighted by atomic mass is 32.2. The minimum absolute atomic E-state index is 0.374. The standard InChI is InChI=1S/C15H26N2O2S/c1-3-7-14-8-10-15(11-9-14)20(18,19)17(2)13-6-4-5-12-16/h8-11H,3-7,12-13,16H2,1-2H3. The van der Waals surface area contributed by atoms with Crippen molar-refractivity contribution in [2.45, 2.75) is 43.9 Å². The average Bonchev–Trinajstić information content (AvgIpc) is 2.44. The first-order chi connectivity index (χ1) is 9.52. The lowest BCUT2D eigenvalue weighted by Gasteiger charge is -2.17. The summed E-state index contributed by atoms with van der Waals surface area (Å²) in [6.07, 6.45) is 4.80. The summed E-state index contributed by atoms with van der Waals surface area (Å²) in [5.41, 5.74) is 6.61. The Labute approximate surface area is 123 Å². The van der Waals surface area contributed by atoms with Crippen LogP contribution in [0.3, 0.4) is 0 Å². The van der Waals surface area contributed by atoms with Crippen molar-refractivity contribution < 1.29 is 8.42 Å². The molecule has 2 N–H and O–H groups in total. The summed E-state index contributed by atoms with van der Waals surface area (Å²) in [7, 11) is -1.72. The summed E-state index contributed by atoms with van der Waals surface area (Å²) in [5.74, 6) is 0. The number of aryl methyl sites for hydroxylation is 1. The normalized spacial score (nSPS) is 12.0. The maximum atomic E-state index is 12.4. The Balaban J connectivity index is 2.66. The molecule has 5 heteroatoms. The molecule has 0 aliphatic heterocycles. The number of benzene rings is 1. The molecule has 0 radical (unpaired) electrons. The highest BCUT2D eigenvalue weighted by molar-refractivity contribution is 7.89. The second kappa shape index (κ2) is 8.39. The lowest BCUT2D eigenvalue weighted by atomic mass is 10.1. The van der Waals surface area contributed by atoms with Gasteiger partial charge in [0.15, 0.2) is 0 Å². The van der Waals surface area contributed by atoms with E-state index in [2.05, 4.69) is 6.92 Å². The summed E-state index contributed by atoms with van der Waals surface area (Å²) in [4.78, 5) is 0.374. The van der Waals surface area contributed by atoms with Crippen molar-refractivity contribution in [3.63, 3.8) is 0 Å². The minimum atomic E-state index is -3.36. The number of hydrogen-bond donors (Lipinski definition) is 1. The van der Waals surface area contributed by atoms with Gasteiger partial charge in [-0.15, -0.1) is 0 Å². The van der Waals surface area contributed by atoms with Gasteiger partial charge in [-0.2, -0.15) is 0 Å². The highest BCUT2D eigenvalue weighted by Gasteiger charge is 2.19. The summed E-state index contributed by atoms with van der Waals surface area (Å²) in [6.45, 7) is 3.31. The van der Waals surface area contributed by atoms with Crippen LogP contribution in [0.15, 0.2) is 29.2 Å². The van der Waals surface area contributed by atoms with Crippen molar-refractivity contribution in [3.8, 4) is 0 Å². The number of hydrogen-bond acceptors (Lipinski definition) is 3. The summed E-state index contributed by atoms with van der Waals surface area (Å²) >= 11 is 0. The minimum Gasteiger partial charge on any atom is -0.330 e. The molecule has 1 aromatic rings.